The van der Waals surface area contributed by atoms with Gasteiger partial charge in [0.25, 0.3) is 5.91 Å². The molecule has 3 rings (SSSR count). The zero-order valence-electron chi connectivity index (χ0n) is 20.4. The lowest BCUT2D eigenvalue weighted by atomic mass is 9.88. The zero-order chi connectivity index (χ0) is 23.7. The number of nitriles is 1. The fourth-order valence-corrected chi connectivity index (χ4v) is 4.58. The van der Waals surface area contributed by atoms with Crippen LogP contribution in [0.2, 0.25) is 0 Å². The largest absolute Gasteiger partial charge is 0.346 e. The number of amides is 1. The second-order valence-corrected chi connectivity index (χ2v) is 9.31. The van der Waals surface area contributed by atoms with Crippen LogP contribution >= 0.6 is 0 Å². The molecular weight excluding hydrogens is 412 g/mol. The summed E-state index contributed by atoms with van der Waals surface area (Å²) in [6, 6.07) is 1.92. The van der Waals surface area contributed by atoms with Gasteiger partial charge in [-0.15, -0.1) is 0 Å². The van der Waals surface area contributed by atoms with Gasteiger partial charge in [0.05, 0.1) is 0 Å². The minimum atomic E-state index is -0.311. The van der Waals surface area contributed by atoms with Gasteiger partial charge < -0.3 is 15.2 Å². The maximum Gasteiger partial charge on any atom is 0.287 e. The first-order valence-corrected chi connectivity index (χ1v) is 12.2. The van der Waals surface area contributed by atoms with Crippen molar-refractivity contribution in [3.8, 4) is 6.07 Å². The number of rotatable bonds is 9. The average molecular weight is 451 g/mol. The zero-order valence-corrected chi connectivity index (χ0v) is 20.4. The van der Waals surface area contributed by atoms with E-state index in [0.29, 0.717) is 6.54 Å². The van der Waals surface area contributed by atoms with Crippen LogP contribution in [-0.2, 0) is 0 Å². The summed E-state index contributed by atoms with van der Waals surface area (Å²) in [4.78, 5) is 24.0. The Morgan fingerprint density at radius 1 is 1.30 bits per heavy atom. The van der Waals surface area contributed by atoms with E-state index in [4.69, 9.17) is 5.26 Å². The minimum absolute atomic E-state index is 0.0850. The summed E-state index contributed by atoms with van der Waals surface area (Å²) < 4.78 is 0. The van der Waals surface area contributed by atoms with Gasteiger partial charge in [-0.3, -0.25) is 9.69 Å². The molecule has 0 saturated carbocycles. The molecule has 0 spiro atoms. The van der Waals surface area contributed by atoms with Gasteiger partial charge in [0.2, 0.25) is 0 Å². The number of imidazole rings is 1. The molecule has 0 aromatic carbocycles. The van der Waals surface area contributed by atoms with Crippen LogP contribution < -0.4 is 5.32 Å². The molecule has 7 heteroatoms. The third-order valence-electron chi connectivity index (χ3n) is 6.87. The molecular formula is C26H38N6O. The third-order valence-corrected chi connectivity index (χ3v) is 6.87. The minimum Gasteiger partial charge on any atom is -0.346 e. The summed E-state index contributed by atoms with van der Waals surface area (Å²) in [7, 11) is 0. The second kappa shape index (κ2) is 12.0. The number of carbonyl (C=O) groups excluding carboxylic acids is 1. The molecule has 2 heterocycles. The lowest BCUT2D eigenvalue weighted by molar-refractivity contribution is 0.0752. The quantitative estimate of drug-likeness (QED) is 0.441. The second-order valence-electron chi connectivity index (χ2n) is 9.31. The topological polar surface area (TPSA) is 88.0 Å². The number of hydrogen-bond donors (Lipinski definition) is 2. The van der Waals surface area contributed by atoms with E-state index in [1.807, 2.05) is 12.1 Å². The molecule has 7 nitrogen and oxygen atoms in total. The lowest BCUT2D eigenvalue weighted by Crippen LogP contribution is -2.55. The number of nitrogens with one attached hydrogen (secondary N) is 2. The summed E-state index contributed by atoms with van der Waals surface area (Å²) >= 11 is 0. The molecule has 1 aliphatic heterocycles. The maximum atomic E-state index is 12.3. The maximum absolute atomic E-state index is 12.3. The number of aromatic nitrogens is 2. The van der Waals surface area contributed by atoms with Gasteiger partial charge in [-0.05, 0) is 58.1 Å². The number of aromatic amines is 1. The van der Waals surface area contributed by atoms with Crippen LogP contribution in [0.1, 0.15) is 69.2 Å². The van der Waals surface area contributed by atoms with Crippen molar-refractivity contribution in [3.05, 3.63) is 53.2 Å². The molecule has 1 aromatic heterocycles. The van der Waals surface area contributed by atoms with E-state index in [1.54, 1.807) is 0 Å². The van der Waals surface area contributed by atoms with Crippen LogP contribution in [0.3, 0.4) is 0 Å². The van der Waals surface area contributed by atoms with Gasteiger partial charge >= 0.3 is 0 Å². The van der Waals surface area contributed by atoms with Crippen molar-refractivity contribution in [2.24, 2.45) is 0 Å². The summed E-state index contributed by atoms with van der Waals surface area (Å²) in [6.45, 7) is 12.7. The average Bonchev–Trinajstić information content (AvgIpc) is 3.33. The highest BCUT2D eigenvalue weighted by Gasteiger charge is 2.31. The fourth-order valence-electron chi connectivity index (χ4n) is 4.58. The molecule has 0 atom stereocenters. The standard InChI is InChI=1S/C26H38N6O/c1-4-31-15-17-32(18-16-31)26(2,3)22(13-12-21-9-6-5-7-10-21)11-8-14-28-25(33)24-29-20-23(19-27)30-24/h8-9,11,13,20H,4-7,10,12,14-18H2,1-3H3,(H,28,33)(H,29,30)/b11-8-,22-13+. The van der Waals surface area contributed by atoms with Crippen LogP contribution in [0.5, 0.6) is 0 Å². The van der Waals surface area contributed by atoms with E-state index in [2.05, 4.69) is 64.1 Å². The Balaban J connectivity index is 1.67. The van der Waals surface area contributed by atoms with Gasteiger partial charge in [-0.2, -0.15) is 5.26 Å². The van der Waals surface area contributed by atoms with E-state index in [1.165, 1.54) is 43.0 Å². The highest BCUT2D eigenvalue weighted by atomic mass is 16.2. The van der Waals surface area contributed by atoms with Crippen LogP contribution in [0.15, 0.2) is 41.6 Å². The molecule has 0 unspecified atom stereocenters. The van der Waals surface area contributed by atoms with Crippen LogP contribution in [-0.4, -0.2) is 70.5 Å². The van der Waals surface area contributed by atoms with Crippen molar-refractivity contribution in [1.82, 2.24) is 25.1 Å². The molecule has 1 fully saturated rings. The van der Waals surface area contributed by atoms with Crippen LogP contribution in [0.4, 0.5) is 0 Å². The molecule has 1 saturated heterocycles. The molecule has 2 N–H and O–H groups in total. The Bertz CT molecular complexity index is 925. The number of piperazine rings is 1. The van der Waals surface area contributed by atoms with Gasteiger partial charge in [0, 0.05) is 44.5 Å². The number of carbonyl (C=O) groups is 1. The van der Waals surface area contributed by atoms with E-state index in [0.717, 1.165) is 39.1 Å². The summed E-state index contributed by atoms with van der Waals surface area (Å²) in [5.41, 5.74) is 2.96. The number of H-pyrrole nitrogens is 1. The summed E-state index contributed by atoms with van der Waals surface area (Å²) in [6.07, 6.45) is 16.4. The smallest absolute Gasteiger partial charge is 0.287 e. The van der Waals surface area contributed by atoms with Crippen molar-refractivity contribution in [2.75, 3.05) is 39.3 Å². The molecule has 1 aliphatic carbocycles. The number of nitrogens with zero attached hydrogens (tertiary/aromatic N) is 4. The van der Waals surface area contributed by atoms with E-state index < -0.39 is 0 Å². The van der Waals surface area contributed by atoms with Crippen LogP contribution in [0, 0.1) is 11.3 Å². The summed E-state index contributed by atoms with van der Waals surface area (Å²) in [5.74, 6) is -0.150. The lowest BCUT2D eigenvalue weighted by Gasteiger charge is -2.45. The molecule has 1 amide bonds. The van der Waals surface area contributed by atoms with Crippen molar-refractivity contribution in [3.63, 3.8) is 0 Å². The van der Waals surface area contributed by atoms with E-state index >= 15 is 0 Å². The van der Waals surface area contributed by atoms with Crippen molar-refractivity contribution >= 4 is 5.91 Å². The Morgan fingerprint density at radius 2 is 2.09 bits per heavy atom. The Hall–Kier alpha value is -2.69. The number of hydrogen-bond acceptors (Lipinski definition) is 5. The van der Waals surface area contributed by atoms with Crippen molar-refractivity contribution in [2.45, 2.75) is 58.4 Å². The predicted molar refractivity (Wildman–Crippen MR) is 132 cm³/mol. The third kappa shape index (κ3) is 6.89. The summed E-state index contributed by atoms with van der Waals surface area (Å²) in [5, 5.41) is 11.7. The fraction of sp³-hybridized carbons (Fsp3) is 0.577. The van der Waals surface area contributed by atoms with Crippen LogP contribution in [0.25, 0.3) is 0 Å². The predicted octanol–water partition coefficient (Wildman–Crippen LogP) is 3.80. The monoisotopic (exact) mass is 450 g/mol. The Kier molecular flexibility index (Phi) is 9.04. The molecule has 178 valence electrons. The van der Waals surface area contributed by atoms with Gasteiger partial charge in [-0.25, -0.2) is 4.98 Å². The highest BCUT2D eigenvalue weighted by Crippen LogP contribution is 2.29. The first kappa shape index (κ1) is 24.9. The molecule has 0 bridgehead atoms. The Labute approximate surface area is 198 Å². The van der Waals surface area contributed by atoms with Crippen molar-refractivity contribution in [1.29, 1.82) is 5.26 Å². The van der Waals surface area contributed by atoms with E-state index in [-0.39, 0.29) is 23.0 Å². The molecule has 0 radical (unpaired) electrons. The van der Waals surface area contributed by atoms with Crippen molar-refractivity contribution < 1.29 is 4.79 Å². The number of likely N-dealkylation sites (N-methyl/N-ethyl adjacent to an activating group) is 1. The van der Waals surface area contributed by atoms with Gasteiger partial charge in [0.1, 0.15) is 6.07 Å². The SMILES string of the molecule is CCN1CCN(C(C)(C)C(/C=C\CNC(=O)c2nc(C#N)c[nH]2)=C/CC2=CCCCC2)CC1. The molecule has 33 heavy (non-hydrogen) atoms. The Morgan fingerprint density at radius 3 is 2.73 bits per heavy atom. The first-order chi connectivity index (χ1) is 15.9. The van der Waals surface area contributed by atoms with E-state index in [9.17, 15) is 4.79 Å². The van der Waals surface area contributed by atoms with Gasteiger partial charge in [0.15, 0.2) is 11.5 Å². The van der Waals surface area contributed by atoms with Gasteiger partial charge in [-0.1, -0.05) is 36.8 Å². The normalized spacial score (nSPS) is 18.8. The first-order valence-electron chi connectivity index (χ1n) is 12.2. The molecule has 1 aromatic rings. The highest BCUT2D eigenvalue weighted by molar-refractivity contribution is 5.90. The number of allylic oxidation sites excluding steroid dienone is 3. The molecule has 2 aliphatic rings.